The summed E-state index contributed by atoms with van der Waals surface area (Å²) in [5, 5.41) is 3.56. The van der Waals surface area contributed by atoms with Gasteiger partial charge in [0, 0.05) is 50.8 Å². The van der Waals surface area contributed by atoms with E-state index in [2.05, 4.69) is 49.7 Å². The predicted molar refractivity (Wildman–Crippen MR) is 88.8 cm³/mol. The highest BCUT2D eigenvalue weighted by atomic mass is 16.5. The predicted octanol–water partition coefficient (Wildman–Crippen LogP) is 1.95. The van der Waals surface area contributed by atoms with Crippen molar-refractivity contribution < 1.29 is 4.74 Å². The summed E-state index contributed by atoms with van der Waals surface area (Å²) in [4.78, 5) is 5.16. The van der Waals surface area contributed by atoms with Gasteiger partial charge in [-0.15, -0.1) is 0 Å². The molecule has 0 aromatic heterocycles. The Balaban J connectivity index is 1.64. The Labute approximate surface area is 131 Å². The van der Waals surface area contributed by atoms with E-state index in [-0.39, 0.29) is 5.54 Å². The number of piperazine rings is 1. The van der Waals surface area contributed by atoms with Crippen LogP contribution in [0.2, 0.25) is 0 Å². The van der Waals surface area contributed by atoms with Crippen molar-refractivity contribution in [2.24, 2.45) is 0 Å². The monoisotopic (exact) mass is 297 g/mol. The number of rotatable bonds is 5. The van der Waals surface area contributed by atoms with Crippen LogP contribution < -0.4 is 5.32 Å². The molecule has 1 N–H and O–H groups in total. The van der Waals surface area contributed by atoms with E-state index in [1.807, 2.05) is 0 Å². The highest BCUT2D eigenvalue weighted by molar-refractivity contribution is 4.82. The first-order valence-corrected chi connectivity index (χ1v) is 8.70. The van der Waals surface area contributed by atoms with E-state index < -0.39 is 0 Å². The molecule has 0 saturated carbocycles. The molecule has 4 heteroatoms. The van der Waals surface area contributed by atoms with Gasteiger partial charge in [0.25, 0.3) is 0 Å². The lowest BCUT2D eigenvalue weighted by atomic mass is 10.1. The average molecular weight is 297 g/mol. The van der Waals surface area contributed by atoms with Crippen LogP contribution in [-0.2, 0) is 4.74 Å². The second-order valence-electron chi connectivity index (χ2n) is 8.02. The van der Waals surface area contributed by atoms with E-state index in [0.29, 0.717) is 18.2 Å². The van der Waals surface area contributed by atoms with Gasteiger partial charge in [0.1, 0.15) is 0 Å². The van der Waals surface area contributed by atoms with Crippen molar-refractivity contribution in [3.8, 4) is 0 Å². The second-order valence-corrected chi connectivity index (χ2v) is 8.02. The standard InChI is InChI=1S/C17H35N3O/c1-14(2)20-10-8-19(9-11-20)13-16-7-6-15(21-16)12-18-17(3,4)5/h14-16,18H,6-13H2,1-5H3. The summed E-state index contributed by atoms with van der Waals surface area (Å²) in [6.45, 7) is 18.2. The minimum Gasteiger partial charge on any atom is -0.372 e. The highest BCUT2D eigenvalue weighted by Crippen LogP contribution is 2.21. The van der Waals surface area contributed by atoms with E-state index in [4.69, 9.17) is 4.74 Å². The Kier molecular flexibility index (Phi) is 6.06. The summed E-state index contributed by atoms with van der Waals surface area (Å²) >= 11 is 0. The van der Waals surface area contributed by atoms with Gasteiger partial charge in [0.15, 0.2) is 0 Å². The average Bonchev–Trinajstić information content (AvgIpc) is 2.84. The van der Waals surface area contributed by atoms with Crippen LogP contribution in [0.25, 0.3) is 0 Å². The molecule has 0 aromatic rings. The smallest absolute Gasteiger partial charge is 0.0707 e. The van der Waals surface area contributed by atoms with Crippen LogP contribution in [0.1, 0.15) is 47.5 Å². The Morgan fingerprint density at radius 2 is 1.67 bits per heavy atom. The maximum atomic E-state index is 6.22. The summed E-state index contributed by atoms with van der Waals surface area (Å²) in [5.74, 6) is 0. The zero-order valence-electron chi connectivity index (χ0n) is 14.7. The van der Waals surface area contributed by atoms with E-state index in [1.54, 1.807) is 0 Å². The summed E-state index contributed by atoms with van der Waals surface area (Å²) in [6.07, 6.45) is 3.29. The molecule has 0 bridgehead atoms. The third-order valence-corrected chi connectivity index (χ3v) is 4.65. The van der Waals surface area contributed by atoms with Crippen molar-refractivity contribution in [2.45, 2.75) is 71.2 Å². The van der Waals surface area contributed by atoms with Gasteiger partial charge < -0.3 is 10.1 Å². The molecule has 2 saturated heterocycles. The van der Waals surface area contributed by atoms with Crippen molar-refractivity contribution >= 4 is 0 Å². The first kappa shape index (κ1) is 17.2. The molecule has 2 aliphatic rings. The fourth-order valence-electron chi connectivity index (χ4n) is 3.23. The SMILES string of the molecule is CC(C)N1CCN(CC2CCC(CNC(C)(C)C)O2)CC1. The van der Waals surface area contributed by atoms with Crippen molar-refractivity contribution in [1.82, 2.24) is 15.1 Å². The molecule has 0 aromatic carbocycles. The zero-order valence-corrected chi connectivity index (χ0v) is 14.7. The molecule has 0 amide bonds. The summed E-state index contributed by atoms with van der Waals surface area (Å²) in [7, 11) is 0. The minimum atomic E-state index is 0.189. The lowest BCUT2D eigenvalue weighted by Crippen LogP contribution is -2.50. The molecule has 0 aliphatic carbocycles. The van der Waals surface area contributed by atoms with Crippen LogP contribution in [0.3, 0.4) is 0 Å². The third kappa shape index (κ3) is 5.85. The highest BCUT2D eigenvalue weighted by Gasteiger charge is 2.29. The summed E-state index contributed by atoms with van der Waals surface area (Å²) in [6, 6.07) is 0.683. The Morgan fingerprint density at radius 1 is 1.05 bits per heavy atom. The summed E-state index contributed by atoms with van der Waals surface area (Å²) in [5.41, 5.74) is 0.189. The number of nitrogens with zero attached hydrogens (tertiary/aromatic N) is 2. The van der Waals surface area contributed by atoms with Gasteiger partial charge in [0.2, 0.25) is 0 Å². The van der Waals surface area contributed by atoms with Gasteiger partial charge >= 0.3 is 0 Å². The van der Waals surface area contributed by atoms with Crippen LogP contribution in [0.15, 0.2) is 0 Å². The first-order chi connectivity index (χ1) is 9.83. The van der Waals surface area contributed by atoms with E-state index >= 15 is 0 Å². The molecule has 0 spiro atoms. The molecular formula is C17H35N3O. The maximum absolute atomic E-state index is 6.22. The van der Waals surface area contributed by atoms with E-state index in [9.17, 15) is 0 Å². The Morgan fingerprint density at radius 3 is 2.24 bits per heavy atom. The van der Waals surface area contributed by atoms with Crippen molar-refractivity contribution in [3.05, 3.63) is 0 Å². The minimum absolute atomic E-state index is 0.189. The van der Waals surface area contributed by atoms with E-state index in [0.717, 1.165) is 13.1 Å². The maximum Gasteiger partial charge on any atom is 0.0707 e. The molecule has 2 heterocycles. The Bertz CT molecular complexity index is 306. The van der Waals surface area contributed by atoms with Crippen molar-refractivity contribution in [1.29, 1.82) is 0 Å². The molecular weight excluding hydrogens is 262 g/mol. The summed E-state index contributed by atoms with van der Waals surface area (Å²) < 4.78 is 6.22. The van der Waals surface area contributed by atoms with Crippen molar-refractivity contribution in [3.63, 3.8) is 0 Å². The third-order valence-electron chi connectivity index (χ3n) is 4.65. The van der Waals surface area contributed by atoms with Crippen LogP contribution in [0, 0.1) is 0 Å². The molecule has 2 atom stereocenters. The van der Waals surface area contributed by atoms with Gasteiger partial charge in [-0.05, 0) is 47.5 Å². The topological polar surface area (TPSA) is 27.7 Å². The fraction of sp³-hybridized carbons (Fsp3) is 1.00. The van der Waals surface area contributed by atoms with Crippen LogP contribution >= 0.6 is 0 Å². The molecule has 124 valence electrons. The van der Waals surface area contributed by atoms with Crippen LogP contribution in [0.5, 0.6) is 0 Å². The van der Waals surface area contributed by atoms with Gasteiger partial charge in [0.05, 0.1) is 12.2 Å². The van der Waals surface area contributed by atoms with Crippen molar-refractivity contribution in [2.75, 3.05) is 39.3 Å². The second kappa shape index (κ2) is 7.40. The van der Waals surface area contributed by atoms with Gasteiger partial charge in [-0.25, -0.2) is 0 Å². The van der Waals surface area contributed by atoms with Crippen LogP contribution in [-0.4, -0.2) is 72.9 Å². The lowest BCUT2D eigenvalue weighted by molar-refractivity contribution is 0.00809. The van der Waals surface area contributed by atoms with Crippen LogP contribution in [0.4, 0.5) is 0 Å². The molecule has 21 heavy (non-hydrogen) atoms. The Hall–Kier alpha value is -0.160. The molecule has 2 aliphatic heterocycles. The van der Waals surface area contributed by atoms with Gasteiger partial charge in [-0.3, -0.25) is 9.80 Å². The number of hydrogen-bond donors (Lipinski definition) is 1. The molecule has 2 fully saturated rings. The number of nitrogens with one attached hydrogen (secondary N) is 1. The number of hydrogen-bond acceptors (Lipinski definition) is 4. The zero-order chi connectivity index (χ0) is 15.5. The molecule has 2 unspecified atom stereocenters. The molecule has 0 radical (unpaired) electrons. The fourth-order valence-corrected chi connectivity index (χ4v) is 3.23. The largest absolute Gasteiger partial charge is 0.372 e. The lowest BCUT2D eigenvalue weighted by Gasteiger charge is -2.37. The van der Waals surface area contributed by atoms with Gasteiger partial charge in [-0.1, -0.05) is 0 Å². The van der Waals surface area contributed by atoms with E-state index in [1.165, 1.54) is 39.0 Å². The molecule has 4 nitrogen and oxygen atoms in total. The first-order valence-electron chi connectivity index (χ1n) is 8.70. The number of ether oxygens (including phenoxy) is 1. The quantitative estimate of drug-likeness (QED) is 0.839. The van der Waals surface area contributed by atoms with Gasteiger partial charge in [-0.2, -0.15) is 0 Å². The molecule has 2 rings (SSSR count). The normalized spacial score (nSPS) is 29.4.